The van der Waals surface area contributed by atoms with Crippen LogP contribution in [0, 0.1) is 23.7 Å². The maximum absolute atomic E-state index is 13.2. The molecule has 5 nitrogen and oxygen atoms in total. The molecule has 3 atom stereocenters. The summed E-state index contributed by atoms with van der Waals surface area (Å²) >= 11 is 5.85. The van der Waals surface area contributed by atoms with E-state index in [1.807, 2.05) is 25.1 Å². The van der Waals surface area contributed by atoms with E-state index < -0.39 is 32.4 Å². The highest BCUT2D eigenvalue weighted by Gasteiger charge is 2.77. The van der Waals surface area contributed by atoms with Crippen molar-refractivity contribution in [3.8, 4) is 6.07 Å². The number of benzene rings is 2. The van der Waals surface area contributed by atoms with Gasteiger partial charge in [-0.15, -0.1) is 0 Å². The zero-order valence-electron chi connectivity index (χ0n) is 14.8. The first-order chi connectivity index (χ1) is 12.8. The molecule has 0 unspecified atom stereocenters. The van der Waals surface area contributed by atoms with Crippen LogP contribution in [0.3, 0.4) is 0 Å². The highest BCUT2D eigenvalue weighted by atomic mass is 35.5. The van der Waals surface area contributed by atoms with Gasteiger partial charge in [-0.05, 0) is 43.7 Å². The van der Waals surface area contributed by atoms with Crippen LogP contribution in [0.2, 0.25) is 5.02 Å². The van der Waals surface area contributed by atoms with Crippen LogP contribution < -0.4 is 0 Å². The van der Waals surface area contributed by atoms with Crippen LogP contribution in [0.4, 0.5) is 0 Å². The molecule has 0 bridgehead atoms. The summed E-state index contributed by atoms with van der Waals surface area (Å²) in [6, 6.07) is 14.8. The normalized spacial score (nSPS) is 24.1. The van der Waals surface area contributed by atoms with E-state index in [1.165, 1.54) is 24.3 Å². The predicted octanol–water partition coefficient (Wildman–Crippen LogP) is 3.66. The summed E-state index contributed by atoms with van der Waals surface area (Å²) in [6.45, 7) is 3.59. The number of hydrogen-bond donors (Lipinski definition) is 0. The maximum Gasteiger partial charge on any atom is 0.328 e. The molecule has 1 aliphatic rings. The minimum absolute atomic E-state index is 0.0236. The van der Waals surface area contributed by atoms with E-state index >= 15 is 0 Å². The van der Waals surface area contributed by atoms with Gasteiger partial charge < -0.3 is 4.74 Å². The standard InChI is InChI=1S/C20H18ClNO4S/c1-3-26-19(23)20(12-22)17(14-6-4-13(2)5-7-14)18(20)27(24,25)16-10-8-15(21)9-11-16/h4-11,17-18H,3H2,1-2H3/t17-,18+,20+/m0/s1. The first kappa shape index (κ1) is 19.4. The maximum atomic E-state index is 13.2. The number of sulfone groups is 1. The molecule has 2 aromatic carbocycles. The van der Waals surface area contributed by atoms with Crippen molar-refractivity contribution in [2.24, 2.45) is 5.41 Å². The number of hydrogen-bond acceptors (Lipinski definition) is 5. The van der Waals surface area contributed by atoms with E-state index in [0.29, 0.717) is 10.6 Å². The molecule has 0 radical (unpaired) electrons. The molecule has 0 heterocycles. The predicted molar refractivity (Wildman–Crippen MR) is 101 cm³/mol. The van der Waals surface area contributed by atoms with E-state index in [0.717, 1.165) is 5.56 Å². The third kappa shape index (κ3) is 3.11. The first-order valence-corrected chi connectivity index (χ1v) is 10.4. The number of carbonyl (C=O) groups excluding carboxylic acids is 1. The van der Waals surface area contributed by atoms with Gasteiger partial charge in [0.25, 0.3) is 0 Å². The molecule has 0 spiro atoms. The monoisotopic (exact) mass is 403 g/mol. The number of aryl methyl sites for hydroxylation is 1. The van der Waals surface area contributed by atoms with Crippen LogP contribution in [0.25, 0.3) is 0 Å². The second kappa shape index (κ2) is 6.99. The number of carbonyl (C=O) groups is 1. The van der Waals surface area contributed by atoms with Gasteiger partial charge in [0.2, 0.25) is 0 Å². The van der Waals surface area contributed by atoms with Crippen molar-refractivity contribution in [1.29, 1.82) is 5.26 Å². The third-order valence-corrected chi connectivity index (χ3v) is 7.34. The Morgan fingerprint density at radius 2 is 1.78 bits per heavy atom. The van der Waals surface area contributed by atoms with Gasteiger partial charge >= 0.3 is 5.97 Å². The second-order valence-electron chi connectivity index (χ2n) is 6.51. The Labute approximate surface area is 163 Å². The molecule has 140 valence electrons. The summed E-state index contributed by atoms with van der Waals surface area (Å²) in [7, 11) is -3.95. The molecular formula is C20H18ClNO4S. The fourth-order valence-corrected chi connectivity index (χ4v) is 5.81. The van der Waals surface area contributed by atoms with Crippen LogP contribution in [0.1, 0.15) is 24.0 Å². The van der Waals surface area contributed by atoms with Gasteiger partial charge in [0.15, 0.2) is 15.3 Å². The molecule has 0 saturated heterocycles. The van der Waals surface area contributed by atoms with Crippen LogP contribution >= 0.6 is 11.6 Å². The van der Waals surface area contributed by atoms with Crippen molar-refractivity contribution < 1.29 is 17.9 Å². The van der Waals surface area contributed by atoms with Crippen LogP contribution in [-0.4, -0.2) is 26.2 Å². The SMILES string of the molecule is CCOC(=O)[C@@]1(C#N)[C@H](S(=O)(=O)c2ccc(Cl)cc2)[C@@H]1c1ccc(C)cc1. The molecule has 0 amide bonds. The van der Waals surface area contributed by atoms with Gasteiger partial charge in [0.05, 0.1) is 17.6 Å². The average molecular weight is 404 g/mol. The Morgan fingerprint density at radius 1 is 1.19 bits per heavy atom. The van der Waals surface area contributed by atoms with Gasteiger partial charge in [-0.2, -0.15) is 5.26 Å². The van der Waals surface area contributed by atoms with E-state index in [9.17, 15) is 18.5 Å². The first-order valence-electron chi connectivity index (χ1n) is 8.43. The van der Waals surface area contributed by atoms with Crippen molar-refractivity contribution in [3.63, 3.8) is 0 Å². The smallest absolute Gasteiger partial charge is 0.328 e. The largest absolute Gasteiger partial charge is 0.465 e. The number of nitriles is 1. The van der Waals surface area contributed by atoms with Gasteiger partial charge in [-0.1, -0.05) is 41.4 Å². The van der Waals surface area contributed by atoms with Crippen LogP contribution in [0.5, 0.6) is 0 Å². The van der Waals surface area contributed by atoms with Crippen molar-refractivity contribution >= 4 is 27.4 Å². The Kier molecular flexibility index (Phi) is 5.02. The molecule has 0 N–H and O–H groups in total. The summed E-state index contributed by atoms with van der Waals surface area (Å²) in [5.41, 5.74) is -0.142. The van der Waals surface area contributed by atoms with Gasteiger partial charge in [-0.3, -0.25) is 4.79 Å². The van der Waals surface area contributed by atoms with Gasteiger partial charge in [-0.25, -0.2) is 8.42 Å². The lowest BCUT2D eigenvalue weighted by molar-refractivity contribution is -0.147. The lowest BCUT2D eigenvalue weighted by Crippen LogP contribution is -2.25. The molecule has 27 heavy (non-hydrogen) atoms. The van der Waals surface area contributed by atoms with E-state index in [2.05, 4.69) is 0 Å². The van der Waals surface area contributed by atoms with E-state index in [4.69, 9.17) is 16.3 Å². The number of rotatable bonds is 5. The van der Waals surface area contributed by atoms with E-state index in [-0.39, 0.29) is 11.5 Å². The van der Waals surface area contributed by atoms with Gasteiger partial charge in [0, 0.05) is 10.9 Å². The number of ether oxygens (including phenoxy) is 1. The Bertz CT molecular complexity index is 1010. The quantitative estimate of drug-likeness (QED) is 0.711. The fourth-order valence-electron chi connectivity index (χ4n) is 3.43. The van der Waals surface area contributed by atoms with Crippen molar-refractivity contribution in [2.75, 3.05) is 6.61 Å². The minimum atomic E-state index is -3.95. The molecule has 3 rings (SSSR count). The highest BCUT2D eigenvalue weighted by molar-refractivity contribution is 7.92. The summed E-state index contributed by atoms with van der Waals surface area (Å²) in [4.78, 5) is 12.6. The van der Waals surface area contributed by atoms with Crippen LogP contribution in [-0.2, 0) is 19.4 Å². The Balaban J connectivity index is 2.12. The fraction of sp³-hybridized carbons (Fsp3) is 0.300. The lowest BCUT2D eigenvalue weighted by Gasteiger charge is -2.09. The summed E-state index contributed by atoms with van der Waals surface area (Å²) in [6.07, 6.45) is 0. The minimum Gasteiger partial charge on any atom is -0.465 e. The average Bonchev–Trinajstić information content (AvgIpc) is 3.34. The lowest BCUT2D eigenvalue weighted by atomic mass is 10.00. The molecule has 7 heteroatoms. The molecule has 1 fully saturated rings. The molecular weight excluding hydrogens is 386 g/mol. The molecule has 2 aromatic rings. The molecule has 1 aliphatic carbocycles. The van der Waals surface area contributed by atoms with Crippen molar-refractivity contribution in [2.45, 2.75) is 29.9 Å². The van der Waals surface area contributed by atoms with Crippen molar-refractivity contribution in [3.05, 3.63) is 64.7 Å². The van der Waals surface area contributed by atoms with Crippen LogP contribution in [0.15, 0.2) is 53.4 Å². The summed E-state index contributed by atoms with van der Waals surface area (Å²) in [5.74, 6) is -1.59. The number of halogens is 1. The zero-order valence-corrected chi connectivity index (χ0v) is 16.4. The summed E-state index contributed by atoms with van der Waals surface area (Å²) < 4.78 is 31.5. The van der Waals surface area contributed by atoms with Gasteiger partial charge in [0.1, 0.15) is 5.25 Å². The molecule has 0 aliphatic heterocycles. The Hall–Kier alpha value is -2.36. The number of esters is 1. The third-order valence-electron chi connectivity index (χ3n) is 4.84. The Morgan fingerprint density at radius 3 is 2.30 bits per heavy atom. The molecule has 0 aromatic heterocycles. The van der Waals surface area contributed by atoms with E-state index in [1.54, 1.807) is 19.1 Å². The molecule has 1 saturated carbocycles. The second-order valence-corrected chi connectivity index (χ2v) is 9.01. The topological polar surface area (TPSA) is 84.2 Å². The zero-order chi connectivity index (χ0) is 19.8. The summed E-state index contributed by atoms with van der Waals surface area (Å²) in [5, 5.41) is 9.02. The highest BCUT2D eigenvalue weighted by Crippen LogP contribution is 2.64. The van der Waals surface area contributed by atoms with Crippen molar-refractivity contribution in [1.82, 2.24) is 0 Å². The number of nitrogens with zero attached hydrogens (tertiary/aromatic N) is 1.